The van der Waals surface area contributed by atoms with Gasteiger partial charge in [0.15, 0.2) is 5.82 Å². The predicted octanol–water partition coefficient (Wildman–Crippen LogP) is 2.16. The van der Waals surface area contributed by atoms with Crippen LogP contribution in [0.1, 0.15) is 74.2 Å². The van der Waals surface area contributed by atoms with Crippen molar-refractivity contribution in [3.63, 3.8) is 0 Å². The van der Waals surface area contributed by atoms with Crippen LogP contribution in [0, 0.1) is 26.7 Å². The highest BCUT2D eigenvalue weighted by atomic mass is 16.2. The molecule has 13 nitrogen and oxygen atoms in total. The third-order valence-electron chi connectivity index (χ3n) is 8.03. The van der Waals surface area contributed by atoms with E-state index >= 15 is 0 Å². The molecule has 1 aromatic carbocycles. The molecular weight excluding hydrogens is 586 g/mol. The predicted molar refractivity (Wildman–Crippen MR) is 172 cm³/mol. The van der Waals surface area contributed by atoms with Crippen molar-refractivity contribution in [3.05, 3.63) is 65.0 Å². The van der Waals surface area contributed by atoms with Crippen LogP contribution < -0.4 is 16.0 Å². The van der Waals surface area contributed by atoms with Gasteiger partial charge in [0.25, 0.3) is 0 Å². The summed E-state index contributed by atoms with van der Waals surface area (Å²) in [5.41, 5.74) is 2.79. The fourth-order valence-corrected chi connectivity index (χ4v) is 5.67. The quantitative estimate of drug-likeness (QED) is 0.376. The van der Waals surface area contributed by atoms with E-state index in [9.17, 15) is 19.2 Å². The molecule has 0 unspecified atom stereocenters. The molecular formula is C33H47N9O4. The number of amides is 4. The van der Waals surface area contributed by atoms with Crippen molar-refractivity contribution >= 4 is 23.6 Å². The van der Waals surface area contributed by atoms with E-state index in [2.05, 4.69) is 31.1 Å². The summed E-state index contributed by atoms with van der Waals surface area (Å²) in [5.74, 6) is -0.0131. The van der Waals surface area contributed by atoms with Crippen molar-refractivity contribution in [2.24, 2.45) is 5.92 Å². The molecule has 3 heterocycles. The number of nitrogens with zero attached hydrogens (tertiary/aromatic N) is 6. The zero-order valence-electron chi connectivity index (χ0n) is 27.6. The lowest BCUT2D eigenvalue weighted by molar-refractivity contribution is -0.132. The first-order valence-electron chi connectivity index (χ1n) is 16.1. The van der Waals surface area contributed by atoms with Crippen LogP contribution in [0.5, 0.6) is 0 Å². The summed E-state index contributed by atoms with van der Waals surface area (Å²) in [6.07, 6.45) is 1.70. The number of hydrogen-bond donors (Lipinski definition) is 3. The molecule has 0 fully saturated rings. The summed E-state index contributed by atoms with van der Waals surface area (Å²) in [6.45, 7) is 11.1. The minimum Gasteiger partial charge on any atom is -0.354 e. The molecule has 0 radical (unpaired) electrons. The third-order valence-corrected chi connectivity index (χ3v) is 8.03. The Bertz CT molecular complexity index is 1500. The lowest BCUT2D eigenvalue weighted by atomic mass is 10.0. The molecule has 3 aromatic rings. The topological polar surface area (TPSA) is 156 Å². The molecule has 4 rings (SSSR count). The van der Waals surface area contributed by atoms with Crippen LogP contribution in [0.4, 0.5) is 0 Å². The molecule has 0 saturated heterocycles. The van der Waals surface area contributed by atoms with E-state index in [-0.39, 0.29) is 48.9 Å². The highest BCUT2D eigenvalue weighted by molar-refractivity contribution is 5.88. The highest BCUT2D eigenvalue weighted by Gasteiger charge is 2.30. The maximum atomic E-state index is 13.8. The molecule has 1 aliphatic rings. The van der Waals surface area contributed by atoms with Crippen LogP contribution in [0.15, 0.2) is 36.4 Å². The van der Waals surface area contributed by atoms with E-state index in [0.717, 1.165) is 17.0 Å². The molecule has 46 heavy (non-hydrogen) atoms. The van der Waals surface area contributed by atoms with E-state index in [1.165, 1.54) is 4.68 Å². The summed E-state index contributed by atoms with van der Waals surface area (Å²) in [6, 6.07) is 10.1. The molecule has 2 atom stereocenters. The van der Waals surface area contributed by atoms with E-state index in [4.69, 9.17) is 0 Å². The number of carbonyl (C=O) groups is 4. The smallest absolute Gasteiger partial charge is 0.243 e. The second kappa shape index (κ2) is 16.1. The van der Waals surface area contributed by atoms with E-state index in [1.54, 1.807) is 11.8 Å². The Balaban J connectivity index is 1.54. The van der Waals surface area contributed by atoms with Gasteiger partial charge in [-0.2, -0.15) is 10.2 Å². The van der Waals surface area contributed by atoms with Gasteiger partial charge in [-0.05, 0) is 51.2 Å². The van der Waals surface area contributed by atoms with Crippen LogP contribution in [-0.4, -0.2) is 78.7 Å². The molecule has 0 bridgehead atoms. The van der Waals surface area contributed by atoms with Gasteiger partial charge in [0.1, 0.15) is 18.4 Å². The van der Waals surface area contributed by atoms with E-state index in [1.807, 2.05) is 68.8 Å². The van der Waals surface area contributed by atoms with Crippen molar-refractivity contribution in [2.45, 2.75) is 91.9 Å². The Kier molecular flexibility index (Phi) is 12.0. The van der Waals surface area contributed by atoms with Gasteiger partial charge < -0.3 is 20.9 Å². The second-order valence-corrected chi connectivity index (χ2v) is 12.3. The normalized spacial score (nSPS) is 19.1. The van der Waals surface area contributed by atoms with Crippen LogP contribution in [-0.2, 0) is 38.7 Å². The van der Waals surface area contributed by atoms with Crippen molar-refractivity contribution < 1.29 is 19.2 Å². The molecule has 4 amide bonds. The minimum absolute atomic E-state index is 0.0440. The number of carbonyl (C=O) groups excluding carboxylic acids is 4. The molecule has 1 aliphatic heterocycles. The first-order chi connectivity index (χ1) is 22.0. The van der Waals surface area contributed by atoms with Crippen molar-refractivity contribution in [3.8, 4) is 0 Å². The first-order valence-corrected chi connectivity index (χ1v) is 16.1. The molecule has 2 aromatic heterocycles. The fourth-order valence-electron chi connectivity index (χ4n) is 5.67. The number of benzene rings is 1. The SMILES string of the molecule is Cc1cc(C)n(CCC(=O)N2CCCNC(=O)Cn3nc(C)nc3[C@H](C(C)C)NC(=O)[C@@H](Cc3ccccc3)NC(=O)CCC2)n1. The summed E-state index contributed by atoms with van der Waals surface area (Å²) in [4.78, 5) is 59.6. The molecule has 13 heteroatoms. The van der Waals surface area contributed by atoms with E-state index in [0.29, 0.717) is 57.1 Å². The second-order valence-electron chi connectivity index (χ2n) is 12.3. The number of nitrogens with one attached hydrogen (secondary N) is 3. The Morgan fingerprint density at radius 1 is 0.978 bits per heavy atom. The number of hydrogen-bond acceptors (Lipinski definition) is 7. The van der Waals surface area contributed by atoms with Gasteiger partial charge in [-0.1, -0.05) is 44.2 Å². The summed E-state index contributed by atoms with van der Waals surface area (Å²) >= 11 is 0. The van der Waals surface area contributed by atoms with Crippen LogP contribution >= 0.6 is 0 Å². The highest BCUT2D eigenvalue weighted by Crippen LogP contribution is 2.21. The van der Waals surface area contributed by atoms with Crippen molar-refractivity contribution in [1.29, 1.82) is 0 Å². The monoisotopic (exact) mass is 633 g/mol. The van der Waals surface area contributed by atoms with Crippen LogP contribution in [0.25, 0.3) is 0 Å². The van der Waals surface area contributed by atoms with Gasteiger partial charge in [-0.15, -0.1) is 0 Å². The van der Waals surface area contributed by atoms with Gasteiger partial charge in [-0.25, -0.2) is 9.67 Å². The first kappa shape index (κ1) is 34.3. The average Bonchev–Trinajstić information content (AvgIpc) is 3.53. The molecule has 0 saturated carbocycles. The van der Waals surface area contributed by atoms with Gasteiger partial charge in [-0.3, -0.25) is 23.9 Å². The Morgan fingerprint density at radius 3 is 2.41 bits per heavy atom. The van der Waals surface area contributed by atoms with Crippen LogP contribution in [0.2, 0.25) is 0 Å². The number of rotatable bonds is 6. The van der Waals surface area contributed by atoms with Crippen molar-refractivity contribution in [1.82, 2.24) is 45.4 Å². The molecule has 0 spiro atoms. The number of aromatic nitrogens is 5. The lowest BCUT2D eigenvalue weighted by Gasteiger charge is -2.26. The maximum Gasteiger partial charge on any atom is 0.243 e. The van der Waals surface area contributed by atoms with Gasteiger partial charge in [0, 0.05) is 51.1 Å². The zero-order valence-corrected chi connectivity index (χ0v) is 27.6. The Morgan fingerprint density at radius 2 is 1.72 bits per heavy atom. The largest absolute Gasteiger partial charge is 0.354 e. The maximum absolute atomic E-state index is 13.8. The van der Waals surface area contributed by atoms with Crippen LogP contribution in [0.3, 0.4) is 0 Å². The van der Waals surface area contributed by atoms with Gasteiger partial charge in [0.05, 0.1) is 11.7 Å². The summed E-state index contributed by atoms with van der Waals surface area (Å²) < 4.78 is 3.35. The summed E-state index contributed by atoms with van der Waals surface area (Å²) in [7, 11) is 0. The molecule has 248 valence electrons. The standard InChI is InChI=1S/C33H47N9O4/c1-22(2)31-32-35-25(5)39-42(32)21-29(44)34-15-10-17-40(30(45)14-18-41-24(4)19-23(3)38-41)16-9-13-28(43)36-27(33(46)37-31)20-26-11-7-6-8-12-26/h6-8,11-12,19,22,27,31H,9-10,13-18,20-21H2,1-5H3,(H,34,44)(H,36,43)(H,37,46)/t27-,31+/m1/s1. The number of aryl methyl sites for hydroxylation is 4. The molecule has 3 N–H and O–H groups in total. The Labute approximate surface area is 270 Å². The zero-order chi connectivity index (χ0) is 33.2. The van der Waals surface area contributed by atoms with Gasteiger partial charge in [0.2, 0.25) is 23.6 Å². The fraction of sp³-hybridized carbons (Fsp3) is 0.545. The molecule has 0 aliphatic carbocycles. The Hall–Kier alpha value is -4.55. The third kappa shape index (κ3) is 9.72. The average molecular weight is 634 g/mol. The lowest BCUT2D eigenvalue weighted by Crippen LogP contribution is -2.50. The van der Waals surface area contributed by atoms with E-state index < -0.39 is 12.1 Å². The van der Waals surface area contributed by atoms with Crippen molar-refractivity contribution in [2.75, 3.05) is 19.6 Å². The minimum atomic E-state index is -0.839. The van der Waals surface area contributed by atoms with Gasteiger partial charge >= 0.3 is 0 Å². The number of fused-ring (bicyclic) bond motifs is 1. The summed E-state index contributed by atoms with van der Waals surface area (Å²) in [5, 5.41) is 17.8.